The van der Waals surface area contributed by atoms with Gasteiger partial charge in [-0.25, -0.2) is 13.8 Å². The van der Waals surface area contributed by atoms with Gasteiger partial charge in [-0.1, -0.05) is 36.4 Å². The number of hydrogen-bond donors (Lipinski definition) is 0. The molecule has 0 aliphatic carbocycles. The largest absolute Gasteiger partial charge is 0.383 e. The van der Waals surface area contributed by atoms with Crippen LogP contribution in [-0.2, 0) is 9.53 Å². The number of carbonyl (C=O) groups is 2. The lowest BCUT2D eigenvalue weighted by Crippen LogP contribution is -2.43. The van der Waals surface area contributed by atoms with E-state index in [0.717, 1.165) is 4.88 Å². The standard InChI is InChI=1S/C25H23F2N3O3S/c1-33-13-12-29(25(32)18-8-3-5-10-20(18)27)16-24(31)30-22(23-11-6-14-34-23)15-21(28-30)17-7-2-4-9-19(17)26/h2-11,14,22H,12-13,15-16H2,1H3. The monoisotopic (exact) mass is 483 g/mol. The maximum Gasteiger partial charge on any atom is 0.262 e. The molecule has 1 atom stereocenters. The Labute approximate surface area is 200 Å². The van der Waals surface area contributed by atoms with Crippen LogP contribution in [0.15, 0.2) is 71.1 Å². The number of methoxy groups -OCH3 is 1. The third kappa shape index (κ3) is 5.05. The van der Waals surface area contributed by atoms with Crippen LogP contribution in [0.4, 0.5) is 8.78 Å². The van der Waals surface area contributed by atoms with E-state index in [9.17, 15) is 18.4 Å². The Hall–Kier alpha value is -3.43. The highest BCUT2D eigenvalue weighted by molar-refractivity contribution is 7.10. The minimum atomic E-state index is -0.667. The number of rotatable bonds is 8. The summed E-state index contributed by atoms with van der Waals surface area (Å²) in [7, 11) is 1.48. The Morgan fingerprint density at radius 1 is 1.09 bits per heavy atom. The van der Waals surface area contributed by atoms with Crippen molar-refractivity contribution in [3.05, 3.63) is 93.7 Å². The average molecular weight is 484 g/mol. The van der Waals surface area contributed by atoms with Gasteiger partial charge < -0.3 is 9.64 Å². The molecule has 4 rings (SSSR count). The Kier molecular flexibility index (Phi) is 7.44. The molecule has 0 saturated carbocycles. The molecule has 0 spiro atoms. The number of benzene rings is 2. The van der Waals surface area contributed by atoms with Gasteiger partial charge in [0.1, 0.15) is 18.2 Å². The molecule has 2 heterocycles. The van der Waals surface area contributed by atoms with Gasteiger partial charge in [-0.2, -0.15) is 5.10 Å². The summed E-state index contributed by atoms with van der Waals surface area (Å²) in [5.41, 5.74) is 0.657. The van der Waals surface area contributed by atoms with Gasteiger partial charge in [0.2, 0.25) is 0 Å². The molecular formula is C25H23F2N3O3S. The summed E-state index contributed by atoms with van der Waals surface area (Å²) in [5, 5.41) is 7.67. The third-order valence-corrected chi connectivity index (χ3v) is 6.48. The van der Waals surface area contributed by atoms with Gasteiger partial charge in [0.15, 0.2) is 0 Å². The van der Waals surface area contributed by atoms with E-state index in [-0.39, 0.29) is 25.3 Å². The van der Waals surface area contributed by atoms with Crippen LogP contribution >= 0.6 is 11.3 Å². The normalized spacial score (nSPS) is 15.3. The van der Waals surface area contributed by atoms with Crippen LogP contribution in [0.5, 0.6) is 0 Å². The fourth-order valence-corrected chi connectivity index (χ4v) is 4.61. The van der Waals surface area contributed by atoms with Gasteiger partial charge in [0, 0.05) is 30.5 Å². The molecule has 1 aliphatic heterocycles. The smallest absolute Gasteiger partial charge is 0.262 e. The van der Waals surface area contributed by atoms with Crippen molar-refractivity contribution < 1.29 is 23.1 Å². The number of nitrogens with zero attached hydrogens (tertiary/aromatic N) is 3. The lowest BCUT2D eigenvalue weighted by Gasteiger charge is -2.26. The van der Waals surface area contributed by atoms with Crippen molar-refractivity contribution >= 4 is 28.9 Å². The molecule has 0 radical (unpaired) electrons. The first-order valence-electron chi connectivity index (χ1n) is 10.7. The van der Waals surface area contributed by atoms with E-state index in [4.69, 9.17) is 4.74 Å². The van der Waals surface area contributed by atoms with Crippen LogP contribution in [-0.4, -0.2) is 54.2 Å². The molecule has 9 heteroatoms. The van der Waals surface area contributed by atoms with Crippen LogP contribution in [0.2, 0.25) is 0 Å². The first-order valence-corrected chi connectivity index (χ1v) is 11.6. The highest BCUT2D eigenvalue weighted by Gasteiger charge is 2.35. The number of thiophene rings is 1. The van der Waals surface area contributed by atoms with Crippen LogP contribution in [0.3, 0.4) is 0 Å². The van der Waals surface area contributed by atoms with E-state index in [0.29, 0.717) is 17.7 Å². The van der Waals surface area contributed by atoms with Crippen LogP contribution in [0, 0.1) is 11.6 Å². The van der Waals surface area contributed by atoms with Crippen molar-refractivity contribution in [2.45, 2.75) is 12.5 Å². The maximum atomic E-state index is 14.4. The van der Waals surface area contributed by atoms with Crippen LogP contribution in [0.25, 0.3) is 0 Å². The number of hydrazone groups is 1. The molecule has 0 bridgehead atoms. The zero-order chi connectivity index (χ0) is 24.1. The van der Waals surface area contributed by atoms with Gasteiger partial charge in [-0.05, 0) is 29.6 Å². The lowest BCUT2D eigenvalue weighted by atomic mass is 10.0. The predicted molar refractivity (Wildman–Crippen MR) is 126 cm³/mol. The number of amides is 2. The second kappa shape index (κ2) is 10.7. The van der Waals surface area contributed by atoms with E-state index in [1.807, 2.05) is 17.5 Å². The summed E-state index contributed by atoms with van der Waals surface area (Å²) in [6, 6.07) is 15.2. The SMILES string of the molecule is COCCN(CC(=O)N1N=C(c2ccccc2F)CC1c1cccs1)C(=O)c1ccccc1F. The van der Waals surface area contributed by atoms with E-state index in [2.05, 4.69) is 5.10 Å². The first-order chi connectivity index (χ1) is 16.5. The summed E-state index contributed by atoms with van der Waals surface area (Å²) < 4.78 is 33.8. The Morgan fingerprint density at radius 2 is 1.82 bits per heavy atom. The van der Waals surface area contributed by atoms with Crippen molar-refractivity contribution in [2.24, 2.45) is 5.10 Å². The highest BCUT2D eigenvalue weighted by atomic mass is 32.1. The fourth-order valence-electron chi connectivity index (χ4n) is 3.80. The second-order valence-electron chi connectivity index (χ2n) is 7.70. The molecule has 0 N–H and O–H groups in total. The van der Waals surface area contributed by atoms with E-state index >= 15 is 0 Å². The van der Waals surface area contributed by atoms with Gasteiger partial charge in [-0.15, -0.1) is 11.3 Å². The number of ether oxygens (including phenoxy) is 1. The Morgan fingerprint density at radius 3 is 2.50 bits per heavy atom. The molecule has 2 aromatic carbocycles. The lowest BCUT2D eigenvalue weighted by molar-refractivity contribution is -0.133. The van der Waals surface area contributed by atoms with Gasteiger partial charge in [-0.3, -0.25) is 9.59 Å². The summed E-state index contributed by atoms with van der Waals surface area (Å²) in [6.45, 7) is -0.0607. The second-order valence-corrected chi connectivity index (χ2v) is 8.68. The quantitative estimate of drug-likeness (QED) is 0.474. The number of hydrogen-bond acceptors (Lipinski definition) is 5. The molecule has 0 saturated heterocycles. The topological polar surface area (TPSA) is 62.2 Å². The van der Waals surface area contributed by atoms with E-state index < -0.39 is 29.5 Å². The molecule has 1 aliphatic rings. The van der Waals surface area contributed by atoms with Crippen molar-refractivity contribution in [1.29, 1.82) is 0 Å². The first kappa shape index (κ1) is 23.7. The van der Waals surface area contributed by atoms with Crippen molar-refractivity contribution in [3.63, 3.8) is 0 Å². The number of carbonyl (C=O) groups excluding carboxylic acids is 2. The van der Waals surface area contributed by atoms with Crippen molar-refractivity contribution in [1.82, 2.24) is 9.91 Å². The summed E-state index contributed by atoms with van der Waals surface area (Å²) in [4.78, 5) is 28.6. The van der Waals surface area contributed by atoms with Crippen molar-refractivity contribution in [3.8, 4) is 0 Å². The fraction of sp³-hybridized carbons (Fsp3) is 0.240. The Balaban J connectivity index is 1.62. The van der Waals surface area contributed by atoms with E-state index in [1.54, 1.807) is 24.3 Å². The van der Waals surface area contributed by atoms with Crippen LogP contribution < -0.4 is 0 Å². The molecule has 1 unspecified atom stereocenters. The van der Waals surface area contributed by atoms with Gasteiger partial charge >= 0.3 is 0 Å². The summed E-state index contributed by atoms with van der Waals surface area (Å²) >= 11 is 1.47. The Bertz CT molecular complexity index is 1200. The molecule has 3 aromatic rings. The maximum absolute atomic E-state index is 14.4. The predicted octanol–water partition coefficient (Wildman–Crippen LogP) is 4.49. The zero-order valence-corrected chi connectivity index (χ0v) is 19.3. The third-order valence-electron chi connectivity index (χ3n) is 5.51. The van der Waals surface area contributed by atoms with Crippen molar-refractivity contribution in [2.75, 3.05) is 26.8 Å². The minimum Gasteiger partial charge on any atom is -0.383 e. The van der Waals surface area contributed by atoms with Gasteiger partial charge in [0.05, 0.1) is 23.9 Å². The van der Waals surface area contributed by atoms with E-state index in [1.165, 1.54) is 52.6 Å². The summed E-state index contributed by atoms with van der Waals surface area (Å²) in [5.74, 6) is -2.16. The average Bonchev–Trinajstić information content (AvgIpc) is 3.52. The zero-order valence-electron chi connectivity index (χ0n) is 18.5. The molecule has 176 valence electrons. The molecule has 2 amide bonds. The molecular weight excluding hydrogens is 460 g/mol. The molecule has 0 fully saturated rings. The van der Waals surface area contributed by atoms with Gasteiger partial charge in [0.25, 0.3) is 11.8 Å². The minimum absolute atomic E-state index is 0.0940. The molecule has 6 nitrogen and oxygen atoms in total. The highest BCUT2D eigenvalue weighted by Crippen LogP contribution is 2.35. The molecule has 34 heavy (non-hydrogen) atoms. The number of halogens is 2. The van der Waals surface area contributed by atoms with Crippen LogP contribution in [0.1, 0.15) is 33.3 Å². The molecule has 1 aromatic heterocycles. The summed E-state index contributed by atoms with van der Waals surface area (Å²) in [6.07, 6.45) is 0.340.